The first-order valence-corrected chi connectivity index (χ1v) is 9.99. The summed E-state index contributed by atoms with van der Waals surface area (Å²) in [6.45, 7) is 6.07. The van der Waals surface area contributed by atoms with Gasteiger partial charge in [0.05, 0.1) is 18.4 Å². The molecule has 1 aliphatic rings. The molecule has 1 saturated heterocycles. The number of nitrogens with zero attached hydrogens (tertiary/aromatic N) is 3. The van der Waals surface area contributed by atoms with E-state index in [-0.39, 0.29) is 5.91 Å². The van der Waals surface area contributed by atoms with Crippen LogP contribution in [0.15, 0.2) is 23.4 Å². The normalized spacial score (nSPS) is 20.2. The Balaban J connectivity index is 1.64. The summed E-state index contributed by atoms with van der Waals surface area (Å²) in [6.07, 6.45) is 1.18. The lowest BCUT2D eigenvalue weighted by Crippen LogP contribution is -2.43. The lowest BCUT2D eigenvalue weighted by Gasteiger charge is -2.34. The van der Waals surface area contributed by atoms with E-state index in [1.165, 1.54) is 18.2 Å². The van der Waals surface area contributed by atoms with Crippen LogP contribution >= 0.6 is 23.4 Å². The van der Waals surface area contributed by atoms with Crippen molar-refractivity contribution in [1.82, 2.24) is 20.1 Å². The van der Waals surface area contributed by atoms with Crippen molar-refractivity contribution in [2.45, 2.75) is 25.4 Å². The molecule has 1 fully saturated rings. The van der Waals surface area contributed by atoms with Crippen LogP contribution in [0.3, 0.4) is 0 Å². The number of likely N-dealkylation sites (tertiary alicyclic amines) is 1. The van der Waals surface area contributed by atoms with Crippen LogP contribution in [0.25, 0.3) is 11.4 Å². The molecule has 1 aromatic carbocycles. The van der Waals surface area contributed by atoms with Gasteiger partial charge in [-0.05, 0) is 36.5 Å². The highest BCUT2D eigenvalue weighted by Crippen LogP contribution is 2.31. The number of aromatic amines is 1. The molecule has 2 atom stereocenters. The zero-order valence-electron chi connectivity index (χ0n) is 15.2. The quantitative estimate of drug-likeness (QED) is 0.782. The average molecular weight is 395 g/mol. The van der Waals surface area contributed by atoms with Crippen LogP contribution < -0.4 is 4.74 Å². The molecule has 0 saturated carbocycles. The minimum atomic E-state index is 0.139. The third-order valence-corrected chi connectivity index (χ3v) is 5.50. The average Bonchev–Trinajstić information content (AvgIpc) is 3.07. The highest BCUT2D eigenvalue weighted by molar-refractivity contribution is 7.99. The zero-order valence-corrected chi connectivity index (χ0v) is 16.7. The molecule has 8 heteroatoms. The number of rotatable bonds is 5. The number of halogens is 1. The van der Waals surface area contributed by atoms with Gasteiger partial charge in [0.15, 0.2) is 5.82 Å². The van der Waals surface area contributed by atoms with E-state index in [2.05, 4.69) is 29.0 Å². The second kappa shape index (κ2) is 8.31. The number of thioether (sulfide) groups is 1. The predicted octanol–water partition coefficient (Wildman–Crippen LogP) is 3.73. The first-order chi connectivity index (χ1) is 12.5. The summed E-state index contributed by atoms with van der Waals surface area (Å²) in [4.78, 5) is 18.9. The number of amides is 1. The topological polar surface area (TPSA) is 71.1 Å². The molecular formula is C18H23ClN4O2S. The molecule has 2 heterocycles. The van der Waals surface area contributed by atoms with Crippen LogP contribution in [0.1, 0.15) is 20.3 Å². The first-order valence-electron chi connectivity index (χ1n) is 8.63. The SMILES string of the molecule is COc1ccc(Cl)cc1-c1nc(SCC(=O)N2C[C@H](C)C[C@H](C)C2)n[nH]1. The van der Waals surface area contributed by atoms with Crippen molar-refractivity contribution in [2.24, 2.45) is 11.8 Å². The maximum absolute atomic E-state index is 12.5. The van der Waals surface area contributed by atoms with E-state index in [0.717, 1.165) is 18.7 Å². The Hall–Kier alpha value is -1.73. The molecule has 26 heavy (non-hydrogen) atoms. The predicted molar refractivity (Wildman–Crippen MR) is 104 cm³/mol. The van der Waals surface area contributed by atoms with Gasteiger partial charge in [0.2, 0.25) is 11.1 Å². The number of nitrogens with one attached hydrogen (secondary N) is 1. The van der Waals surface area contributed by atoms with E-state index in [4.69, 9.17) is 16.3 Å². The van der Waals surface area contributed by atoms with Crippen molar-refractivity contribution in [3.8, 4) is 17.1 Å². The highest BCUT2D eigenvalue weighted by Gasteiger charge is 2.25. The molecule has 1 amide bonds. The Morgan fingerprint density at radius 3 is 2.81 bits per heavy atom. The molecule has 6 nitrogen and oxygen atoms in total. The fourth-order valence-electron chi connectivity index (χ4n) is 3.38. The number of methoxy groups -OCH3 is 1. The summed E-state index contributed by atoms with van der Waals surface area (Å²) in [5, 5.41) is 8.23. The number of piperidine rings is 1. The Morgan fingerprint density at radius 2 is 2.12 bits per heavy atom. The van der Waals surface area contributed by atoms with Crippen molar-refractivity contribution < 1.29 is 9.53 Å². The standard InChI is InChI=1S/C18H23ClN4O2S/c1-11-6-12(2)9-23(8-11)16(24)10-26-18-20-17(21-22-18)14-7-13(19)4-5-15(14)25-3/h4-5,7,11-12H,6,8-10H2,1-3H3,(H,20,21,22)/t11-,12+. The van der Waals surface area contributed by atoms with Gasteiger partial charge < -0.3 is 9.64 Å². The maximum Gasteiger partial charge on any atom is 0.233 e. The van der Waals surface area contributed by atoms with Crippen molar-refractivity contribution in [3.05, 3.63) is 23.2 Å². The Labute approximate surface area is 162 Å². The van der Waals surface area contributed by atoms with Gasteiger partial charge in [-0.2, -0.15) is 0 Å². The molecule has 1 aliphatic heterocycles. The number of hydrogen-bond acceptors (Lipinski definition) is 5. The lowest BCUT2D eigenvalue weighted by atomic mass is 9.92. The Kier molecular flexibility index (Phi) is 6.09. The molecule has 0 aliphatic carbocycles. The van der Waals surface area contributed by atoms with Gasteiger partial charge in [0.1, 0.15) is 5.75 Å². The molecule has 3 rings (SSSR count). The van der Waals surface area contributed by atoms with Crippen LogP contribution in [-0.2, 0) is 4.79 Å². The molecule has 0 spiro atoms. The molecule has 0 unspecified atom stereocenters. The highest BCUT2D eigenvalue weighted by atomic mass is 35.5. The van der Waals surface area contributed by atoms with Gasteiger partial charge in [-0.15, -0.1) is 5.10 Å². The first kappa shape index (κ1) is 19.0. The summed E-state index contributed by atoms with van der Waals surface area (Å²) in [7, 11) is 1.60. The number of benzene rings is 1. The monoisotopic (exact) mass is 394 g/mol. The van der Waals surface area contributed by atoms with Crippen LogP contribution in [0.2, 0.25) is 5.02 Å². The molecule has 0 radical (unpaired) electrons. The Morgan fingerprint density at radius 1 is 1.38 bits per heavy atom. The summed E-state index contributed by atoms with van der Waals surface area (Å²) in [5.74, 6) is 2.81. The van der Waals surface area contributed by atoms with Gasteiger partial charge in [-0.1, -0.05) is 37.2 Å². The summed E-state index contributed by atoms with van der Waals surface area (Å²) in [5.41, 5.74) is 0.740. The fourth-order valence-corrected chi connectivity index (χ4v) is 4.25. The minimum absolute atomic E-state index is 0.139. The summed E-state index contributed by atoms with van der Waals surface area (Å²) >= 11 is 7.41. The maximum atomic E-state index is 12.5. The van der Waals surface area contributed by atoms with Crippen molar-refractivity contribution in [1.29, 1.82) is 0 Å². The number of carbonyl (C=O) groups excluding carboxylic acids is 1. The van der Waals surface area contributed by atoms with E-state index in [0.29, 0.717) is 39.3 Å². The second-order valence-corrected chi connectivity index (χ2v) is 8.22. The largest absolute Gasteiger partial charge is 0.496 e. The number of H-pyrrole nitrogens is 1. The molecule has 1 N–H and O–H groups in total. The third kappa shape index (κ3) is 4.51. The van der Waals surface area contributed by atoms with Gasteiger partial charge >= 0.3 is 0 Å². The fraction of sp³-hybridized carbons (Fsp3) is 0.500. The van der Waals surface area contributed by atoms with E-state index in [9.17, 15) is 4.79 Å². The molecule has 0 bridgehead atoms. The van der Waals surface area contributed by atoms with Gasteiger partial charge in [0, 0.05) is 18.1 Å². The van der Waals surface area contributed by atoms with E-state index >= 15 is 0 Å². The van der Waals surface area contributed by atoms with Crippen molar-refractivity contribution in [3.63, 3.8) is 0 Å². The van der Waals surface area contributed by atoms with Gasteiger partial charge in [-0.25, -0.2) is 4.98 Å². The van der Waals surface area contributed by atoms with E-state index in [1.54, 1.807) is 25.3 Å². The zero-order chi connectivity index (χ0) is 18.7. The van der Waals surface area contributed by atoms with Crippen molar-refractivity contribution >= 4 is 29.3 Å². The van der Waals surface area contributed by atoms with Crippen LogP contribution in [0.4, 0.5) is 0 Å². The summed E-state index contributed by atoms with van der Waals surface area (Å²) < 4.78 is 5.35. The third-order valence-electron chi connectivity index (χ3n) is 4.43. The minimum Gasteiger partial charge on any atom is -0.496 e. The molecule has 140 valence electrons. The van der Waals surface area contributed by atoms with Crippen LogP contribution in [-0.4, -0.2) is 51.9 Å². The van der Waals surface area contributed by atoms with Gasteiger partial charge in [0.25, 0.3) is 0 Å². The van der Waals surface area contributed by atoms with Crippen molar-refractivity contribution in [2.75, 3.05) is 26.0 Å². The van der Waals surface area contributed by atoms with E-state index < -0.39 is 0 Å². The Bertz CT molecular complexity index is 772. The number of hydrogen-bond donors (Lipinski definition) is 1. The number of ether oxygens (including phenoxy) is 1. The summed E-state index contributed by atoms with van der Waals surface area (Å²) in [6, 6.07) is 5.32. The molecule has 2 aromatic rings. The van der Waals surface area contributed by atoms with Gasteiger partial charge in [-0.3, -0.25) is 9.89 Å². The van der Waals surface area contributed by atoms with E-state index in [1.807, 2.05) is 4.90 Å². The second-order valence-electron chi connectivity index (χ2n) is 6.84. The van der Waals surface area contributed by atoms with Crippen LogP contribution in [0, 0.1) is 11.8 Å². The van der Waals surface area contributed by atoms with Crippen LogP contribution in [0.5, 0.6) is 5.75 Å². The number of carbonyl (C=O) groups is 1. The number of aromatic nitrogens is 3. The smallest absolute Gasteiger partial charge is 0.233 e. The molecular weight excluding hydrogens is 372 g/mol. The molecule has 1 aromatic heterocycles. The lowest BCUT2D eigenvalue weighted by molar-refractivity contribution is -0.130.